The lowest BCUT2D eigenvalue weighted by Crippen LogP contribution is -2.33. The highest BCUT2D eigenvalue weighted by atomic mass is 32.2. The summed E-state index contributed by atoms with van der Waals surface area (Å²) in [4.78, 5) is 25.2. The van der Waals surface area contributed by atoms with E-state index < -0.39 is 32.9 Å². The Morgan fingerprint density at radius 2 is 1.71 bits per heavy atom. The summed E-state index contributed by atoms with van der Waals surface area (Å²) in [5.41, 5.74) is 1.95. The molecule has 0 aliphatic heterocycles. The molecular weight excluding hydrogens is 544 g/mol. The van der Waals surface area contributed by atoms with Crippen molar-refractivity contribution in [3.8, 4) is 11.6 Å². The molecule has 10 heteroatoms. The standard InChI is InChI=1S/C31H40N2O7S/c1-21(2)41(38,39)33-30(36)27(19-24-11-7-10-23(18-24)12-17-29(35)40-3)32(31(33)37)26-15-13-25(14-16-26)28(34)20-22-8-5-4-6-9-22/h7,10-11,13-16,18,21-22,28,34,36H,4-6,8-9,12,17,19-20H2,1-3H3. The van der Waals surface area contributed by atoms with E-state index >= 15 is 0 Å². The molecule has 1 heterocycles. The van der Waals surface area contributed by atoms with E-state index in [4.69, 9.17) is 4.74 Å². The van der Waals surface area contributed by atoms with Crippen LogP contribution in [0.5, 0.6) is 5.88 Å². The van der Waals surface area contributed by atoms with E-state index in [0.29, 0.717) is 28.4 Å². The van der Waals surface area contributed by atoms with Gasteiger partial charge in [-0.3, -0.25) is 9.36 Å². The second-order valence-corrected chi connectivity index (χ2v) is 13.5. The fourth-order valence-electron chi connectivity index (χ4n) is 5.54. The molecule has 4 rings (SSSR count). The molecule has 1 aliphatic carbocycles. The average molecular weight is 585 g/mol. The first-order valence-corrected chi connectivity index (χ1v) is 15.8. The van der Waals surface area contributed by atoms with Crippen molar-refractivity contribution in [1.29, 1.82) is 0 Å². The van der Waals surface area contributed by atoms with Crippen LogP contribution < -0.4 is 5.69 Å². The molecule has 0 amide bonds. The Bertz CT molecular complexity index is 1510. The molecule has 1 fully saturated rings. The second kappa shape index (κ2) is 13.1. The Labute approximate surface area is 241 Å². The number of imidazole rings is 1. The highest BCUT2D eigenvalue weighted by Crippen LogP contribution is 2.32. The number of aryl methyl sites for hydroxylation is 1. The van der Waals surface area contributed by atoms with E-state index in [-0.39, 0.29) is 24.5 Å². The minimum atomic E-state index is -4.17. The molecule has 2 aromatic carbocycles. The Morgan fingerprint density at radius 3 is 2.34 bits per heavy atom. The van der Waals surface area contributed by atoms with E-state index in [1.54, 1.807) is 24.3 Å². The third-order valence-corrected chi connectivity index (χ3v) is 9.99. The van der Waals surface area contributed by atoms with Gasteiger partial charge in [0, 0.05) is 12.8 Å². The second-order valence-electron chi connectivity index (χ2n) is 11.2. The van der Waals surface area contributed by atoms with Crippen LogP contribution in [0.15, 0.2) is 53.3 Å². The molecule has 222 valence electrons. The van der Waals surface area contributed by atoms with Crippen LogP contribution in [0, 0.1) is 5.92 Å². The van der Waals surface area contributed by atoms with Crippen LogP contribution in [0.2, 0.25) is 0 Å². The van der Waals surface area contributed by atoms with Gasteiger partial charge in [0.2, 0.25) is 15.9 Å². The number of esters is 1. The number of aliphatic hydroxyl groups excluding tert-OH is 1. The number of carbonyl (C=O) groups excluding carboxylic acids is 1. The number of ether oxygens (including phenoxy) is 1. The minimum Gasteiger partial charge on any atom is -0.492 e. The third-order valence-electron chi connectivity index (χ3n) is 7.96. The molecule has 0 spiro atoms. The molecule has 3 aromatic rings. The van der Waals surface area contributed by atoms with Gasteiger partial charge >= 0.3 is 11.7 Å². The number of nitrogens with zero attached hydrogens (tertiary/aromatic N) is 2. The first-order chi connectivity index (χ1) is 19.5. The summed E-state index contributed by atoms with van der Waals surface area (Å²) >= 11 is 0. The van der Waals surface area contributed by atoms with E-state index in [2.05, 4.69) is 0 Å². The van der Waals surface area contributed by atoms with Gasteiger partial charge in [-0.2, -0.15) is 3.97 Å². The summed E-state index contributed by atoms with van der Waals surface area (Å²) in [6.45, 7) is 2.90. The molecule has 1 aromatic heterocycles. The van der Waals surface area contributed by atoms with Crippen molar-refractivity contribution in [2.45, 2.75) is 83.0 Å². The summed E-state index contributed by atoms with van der Waals surface area (Å²) in [5.74, 6) is -0.474. The topological polar surface area (TPSA) is 128 Å². The van der Waals surface area contributed by atoms with E-state index in [1.807, 2.05) is 24.3 Å². The maximum Gasteiger partial charge on any atom is 0.350 e. The number of aromatic hydroxyl groups is 1. The van der Waals surface area contributed by atoms with E-state index in [9.17, 15) is 28.2 Å². The van der Waals surface area contributed by atoms with Crippen molar-refractivity contribution in [1.82, 2.24) is 8.54 Å². The lowest BCUT2D eigenvalue weighted by molar-refractivity contribution is -0.140. The fraction of sp³-hybridized carbons (Fsp3) is 0.484. The summed E-state index contributed by atoms with van der Waals surface area (Å²) < 4.78 is 32.6. The number of methoxy groups -OCH3 is 1. The lowest BCUT2D eigenvalue weighted by Gasteiger charge is -2.24. The summed E-state index contributed by atoms with van der Waals surface area (Å²) in [6.07, 6.45) is 6.64. The van der Waals surface area contributed by atoms with Crippen molar-refractivity contribution in [3.63, 3.8) is 0 Å². The van der Waals surface area contributed by atoms with Crippen molar-refractivity contribution in [2.24, 2.45) is 5.92 Å². The van der Waals surface area contributed by atoms with Crippen LogP contribution in [-0.2, 0) is 32.4 Å². The quantitative estimate of drug-likeness (QED) is 0.315. The Kier molecular flexibility index (Phi) is 9.76. The van der Waals surface area contributed by atoms with Gasteiger partial charge in [0.25, 0.3) is 0 Å². The monoisotopic (exact) mass is 584 g/mol. The van der Waals surface area contributed by atoms with Crippen LogP contribution in [-0.4, -0.2) is 45.5 Å². The molecule has 0 bridgehead atoms. The van der Waals surface area contributed by atoms with Gasteiger partial charge < -0.3 is 14.9 Å². The Morgan fingerprint density at radius 1 is 1.05 bits per heavy atom. The minimum absolute atomic E-state index is 0.0693. The molecule has 9 nitrogen and oxygen atoms in total. The first-order valence-electron chi connectivity index (χ1n) is 14.3. The predicted octanol–water partition coefficient (Wildman–Crippen LogP) is 4.63. The summed E-state index contributed by atoms with van der Waals surface area (Å²) in [5, 5.41) is 21.1. The molecule has 2 N–H and O–H groups in total. The normalized spacial score (nSPS) is 15.2. The lowest BCUT2D eigenvalue weighted by atomic mass is 9.84. The van der Waals surface area contributed by atoms with Crippen LogP contribution >= 0.6 is 0 Å². The van der Waals surface area contributed by atoms with Crippen molar-refractivity contribution in [3.05, 3.63) is 81.4 Å². The van der Waals surface area contributed by atoms with Gasteiger partial charge in [-0.25, -0.2) is 13.2 Å². The van der Waals surface area contributed by atoms with Crippen LogP contribution in [0.1, 0.15) is 87.3 Å². The molecule has 0 radical (unpaired) electrons. The molecular formula is C31H40N2O7S. The van der Waals surface area contributed by atoms with Gasteiger partial charge in [-0.15, -0.1) is 0 Å². The molecule has 1 atom stereocenters. The molecule has 0 saturated heterocycles. The number of hydrogen-bond acceptors (Lipinski definition) is 7. The maximum atomic E-state index is 13.6. The van der Waals surface area contributed by atoms with Crippen molar-refractivity contribution in [2.75, 3.05) is 7.11 Å². The largest absolute Gasteiger partial charge is 0.492 e. The number of hydrogen-bond donors (Lipinski definition) is 2. The van der Waals surface area contributed by atoms with Gasteiger partial charge in [0.05, 0.1) is 29.8 Å². The van der Waals surface area contributed by atoms with Crippen molar-refractivity contribution >= 4 is 16.0 Å². The Balaban J connectivity index is 1.70. The van der Waals surface area contributed by atoms with Gasteiger partial charge in [0.1, 0.15) is 0 Å². The van der Waals surface area contributed by atoms with Gasteiger partial charge in [-0.05, 0) is 61.4 Å². The van der Waals surface area contributed by atoms with Crippen LogP contribution in [0.4, 0.5) is 0 Å². The molecule has 41 heavy (non-hydrogen) atoms. The Hall–Kier alpha value is -3.37. The van der Waals surface area contributed by atoms with Crippen molar-refractivity contribution < 1.29 is 28.2 Å². The predicted molar refractivity (Wildman–Crippen MR) is 157 cm³/mol. The summed E-state index contributed by atoms with van der Waals surface area (Å²) in [6, 6.07) is 14.2. The number of carbonyl (C=O) groups is 1. The number of aliphatic hydroxyl groups is 1. The fourth-order valence-corrected chi connectivity index (χ4v) is 6.60. The van der Waals surface area contributed by atoms with Crippen LogP contribution in [0.3, 0.4) is 0 Å². The third kappa shape index (κ3) is 6.93. The molecule has 1 unspecified atom stereocenters. The zero-order valence-electron chi connectivity index (χ0n) is 24.0. The zero-order valence-corrected chi connectivity index (χ0v) is 24.8. The zero-order chi connectivity index (χ0) is 29.7. The smallest absolute Gasteiger partial charge is 0.350 e. The number of rotatable bonds is 11. The average Bonchev–Trinajstić information content (AvgIpc) is 3.21. The molecule has 1 saturated carbocycles. The first kappa shape index (κ1) is 30.6. The SMILES string of the molecule is COC(=O)CCc1cccc(Cc2c(O)n(S(=O)(=O)C(C)C)c(=O)n2-c2ccc(C(O)CC3CCCCC3)cc2)c1. The van der Waals surface area contributed by atoms with Gasteiger partial charge in [0.15, 0.2) is 0 Å². The maximum absolute atomic E-state index is 13.6. The highest BCUT2D eigenvalue weighted by molar-refractivity contribution is 7.90. The van der Waals surface area contributed by atoms with E-state index in [0.717, 1.165) is 29.5 Å². The molecule has 1 aliphatic rings. The highest BCUT2D eigenvalue weighted by Gasteiger charge is 2.31. The summed E-state index contributed by atoms with van der Waals surface area (Å²) in [7, 11) is -2.83. The van der Waals surface area contributed by atoms with E-state index in [1.165, 1.54) is 44.8 Å². The number of aromatic nitrogens is 2. The number of benzene rings is 2. The van der Waals surface area contributed by atoms with Gasteiger partial charge in [-0.1, -0.05) is 68.5 Å². The van der Waals surface area contributed by atoms with Crippen LogP contribution in [0.25, 0.3) is 5.69 Å².